The molecule has 0 radical (unpaired) electrons. The van der Waals surface area contributed by atoms with Gasteiger partial charge >= 0.3 is 5.97 Å². The number of aryl methyl sites for hydroxylation is 1. The van der Waals surface area contributed by atoms with Crippen molar-refractivity contribution in [3.05, 3.63) is 53.6 Å². The van der Waals surface area contributed by atoms with Crippen molar-refractivity contribution in [2.75, 3.05) is 0 Å². The average Bonchev–Trinajstić information content (AvgIpc) is 2.46. The van der Waals surface area contributed by atoms with E-state index in [9.17, 15) is 4.79 Å². The minimum Gasteiger partial charge on any atom is -0.426 e. The normalized spacial score (nSPS) is 17.5. The van der Waals surface area contributed by atoms with Crippen molar-refractivity contribution < 1.29 is 9.53 Å². The molecule has 1 aliphatic heterocycles. The maximum absolute atomic E-state index is 12.0. The van der Waals surface area contributed by atoms with Gasteiger partial charge in [0.2, 0.25) is 0 Å². The molecule has 21 heavy (non-hydrogen) atoms. The minimum atomic E-state index is -0.0965. The van der Waals surface area contributed by atoms with E-state index in [1.807, 2.05) is 12.1 Å². The predicted molar refractivity (Wildman–Crippen MR) is 84.3 cm³/mol. The van der Waals surface area contributed by atoms with E-state index in [2.05, 4.69) is 51.1 Å². The maximum atomic E-state index is 12.0. The summed E-state index contributed by atoms with van der Waals surface area (Å²) < 4.78 is 5.48. The maximum Gasteiger partial charge on any atom is 0.314 e. The van der Waals surface area contributed by atoms with Crippen LogP contribution in [-0.2, 0) is 11.2 Å². The molecule has 0 spiro atoms. The van der Waals surface area contributed by atoms with Crippen LogP contribution in [0.15, 0.2) is 42.5 Å². The van der Waals surface area contributed by atoms with E-state index < -0.39 is 0 Å². The van der Waals surface area contributed by atoms with Crippen LogP contribution in [0.1, 0.15) is 25.0 Å². The van der Waals surface area contributed by atoms with Crippen molar-refractivity contribution in [1.82, 2.24) is 0 Å². The molecular weight excluding hydrogens is 260 g/mol. The van der Waals surface area contributed by atoms with Crippen molar-refractivity contribution >= 4 is 5.97 Å². The molecule has 1 atom stereocenters. The van der Waals surface area contributed by atoms with Gasteiger partial charge < -0.3 is 4.74 Å². The second-order valence-corrected chi connectivity index (χ2v) is 6.17. The molecule has 0 amide bonds. The first-order chi connectivity index (χ1) is 10.0. The highest BCUT2D eigenvalue weighted by Gasteiger charge is 2.30. The summed E-state index contributed by atoms with van der Waals surface area (Å²) in [7, 11) is 0. The summed E-state index contributed by atoms with van der Waals surface area (Å²) in [6, 6.07) is 14.6. The van der Waals surface area contributed by atoms with Crippen LogP contribution in [0.5, 0.6) is 5.75 Å². The fourth-order valence-electron chi connectivity index (χ4n) is 2.85. The van der Waals surface area contributed by atoms with Crippen molar-refractivity contribution in [3.63, 3.8) is 0 Å². The zero-order valence-electron chi connectivity index (χ0n) is 12.7. The third-order valence-corrected chi connectivity index (χ3v) is 4.17. The Bertz CT molecular complexity index is 686. The quantitative estimate of drug-likeness (QED) is 0.602. The number of esters is 1. The van der Waals surface area contributed by atoms with Gasteiger partial charge in [-0.3, -0.25) is 4.79 Å². The molecule has 2 aromatic carbocycles. The number of carbonyl (C=O) groups is 1. The predicted octanol–water partition coefficient (Wildman–Crippen LogP) is 4.40. The van der Waals surface area contributed by atoms with Crippen molar-refractivity contribution in [3.8, 4) is 16.9 Å². The Morgan fingerprint density at radius 2 is 1.86 bits per heavy atom. The van der Waals surface area contributed by atoms with Gasteiger partial charge in [0.05, 0.1) is 5.92 Å². The van der Waals surface area contributed by atoms with Crippen LogP contribution in [0.2, 0.25) is 0 Å². The van der Waals surface area contributed by atoms with Gasteiger partial charge in [-0.25, -0.2) is 0 Å². The molecule has 0 fully saturated rings. The first-order valence-corrected chi connectivity index (χ1v) is 7.46. The largest absolute Gasteiger partial charge is 0.426 e. The van der Waals surface area contributed by atoms with Gasteiger partial charge in [0.25, 0.3) is 0 Å². The van der Waals surface area contributed by atoms with Crippen LogP contribution in [0, 0.1) is 18.8 Å². The summed E-state index contributed by atoms with van der Waals surface area (Å²) in [6.45, 7) is 6.24. The molecule has 108 valence electrons. The Hall–Kier alpha value is -2.09. The fraction of sp³-hybridized carbons (Fsp3) is 0.316. The van der Waals surface area contributed by atoms with E-state index in [0.29, 0.717) is 11.7 Å². The van der Waals surface area contributed by atoms with Crippen LogP contribution in [0.3, 0.4) is 0 Å². The summed E-state index contributed by atoms with van der Waals surface area (Å²) in [5.41, 5.74) is 4.76. The Labute approximate surface area is 125 Å². The second kappa shape index (κ2) is 5.36. The molecule has 0 saturated heterocycles. The van der Waals surface area contributed by atoms with Gasteiger partial charge in [-0.05, 0) is 48.1 Å². The first kappa shape index (κ1) is 13.9. The van der Waals surface area contributed by atoms with Crippen molar-refractivity contribution in [1.29, 1.82) is 0 Å². The SMILES string of the molecule is Cc1cccc(-c2ccc3c(c2)C[C@@H](C(C)C)C(=O)O3)c1. The van der Waals surface area contributed by atoms with Crippen LogP contribution in [0.4, 0.5) is 0 Å². The van der Waals surface area contributed by atoms with Crippen molar-refractivity contribution in [2.24, 2.45) is 11.8 Å². The number of rotatable bonds is 2. The molecule has 0 unspecified atom stereocenters. The molecule has 3 rings (SSSR count). The van der Waals surface area contributed by atoms with Gasteiger partial charge in [-0.2, -0.15) is 0 Å². The smallest absolute Gasteiger partial charge is 0.314 e. The molecule has 2 nitrogen and oxygen atoms in total. The second-order valence-electron chi connectivity index (χ2n) is 6.17. The third-order valence-electron chi connectivity index (χ3n) is 4.17. The van der Waals surface area contributed by atoms with Crippen LogP contribution in [-0.4, -0.2) is 5.97 Å². The summed E-state index contributed by atoms with van der Waals surface area (Å²) in [5.74, 6) is 0.882. The number of carbonyl (C=O) groups excluding carboxylic acids is 1. The van der Waals surface area contributed by atoms with Crippen molar-refractivity contribution in [2.45, 2.75) is 27.2 Å². The molecular formula is C19H20O2. The van der Waals surface area contributed by atoms with Crippen LogP contribution >= 0.6 is 0 Å². The molecule has 2 heteroatoms. The topological polar surface area (TPSA) is 26.3 Å². The highest BCUT2D eigenvalue weighted by atomic mass is 16.5. The molecule has 0 saturated carbocycles. The lowest BCUT2D eigenvalue weighted by atomic mass is 9.86. The Balaban J connectivity index is 1.98. The van der Waals surface area contributed by atoms with Crippen LogP contribution in [0.25, 0.3) is 11.1 Å². The van der Waals surface area contributed by atoms with E-state index >= 15 is 0 Å². The minimum absolute atomic E-state index is 0.0368. The standard InChI is InChI=1S/C19H20O2/c1-12(2)17-11-16-10-15(7-8-18(16)21-19(17)20)14-6-4-5-13(3)9-14/h4-10,12,17H,11H2,1-3H3/t17-/m0/s1. The number of ether oxygens (including phenoxy) is 1. The Kier molecular flexibility index (Phi) is 3.54. The summed E-state index contributed by atoms with van der Waals surface area (Å²) in [6.07, 6.45) is 0.769. The summed E-state index contributed by atoms with van der Waals surface area (Å²) >= 11 is 0. The first-order valence-electron chi connectivity index (χ1n) is 7.46. The highest BCUT2D eigenvalue weighted by Crippen LogP contribution is 2.34. The Morgan fingerprint density at radius 3 is 2.57 bits per heavy atom. The molecule has 0 bridgehead atoms. The molecule has 1 aliphatic rings. The number of benzene rings is 2. The van der Waals surface area contributed by atoms with E-state index in [1.54, 1.807) is 0 Å². The zero-order chi connectivity index (χ0) is 15.0. The van der Waals surface area contributed by atoms with Gasteiger partial charge in [-0.1, -0.05) is 49.7 Å². The molecule has 1 heterocycles. The number of hydrogen-bond donors (Lipinski definition) is 0. The molecule has 2 aromatic rings. The van der Waals surface area contributed by atoms with E-state index in [1.165, 1.54) is 16.7 Å². The summed E-state index contributed by atoms with van der Waals surface area (Å²) in [4.78, 5) is 12.0. The zero-order valence-corrected chi connectivity index (χ0v) is 12.7. The lowest BCUT2D eigenvalue weighted by Crippen LogP contribution is -2.31. The lowest BCUT2D eigenvalue weighted by Gasteiger charge is -2.26. The third kappa shape index (κ3) is 2.71. The molecule has 0 aromatic heterocycles. The fourth-order valence-corrected chi connectivity index (χ4v) is 2.85. The van der Waals surface area contributed by atoms with Gasteiger partial charge in [0, 0.05) is 0 Å². The molecule has 0 aliphatic carbocycles. The van der Waals surface area contributed by atoms with Crippen LogP contribution < -0.4 is 4.74 Å². The monoisotopic (exact) mass is 280 g/mol. The highest BCUT2D eigenvalue weighted by molar-refractivity contribution is 5.79. The Morgan fingerprint density at radius 1 is 1.10 bits per heavy atom. The van der Waals surface area contributed by atoms with Gasteiger partial charge in [0.1, 0.15) is 5.75 Å². The van der Waals surface area contributed by atoms with E-state index in [0.717, 1.165) is 12.0 Å². The lowest BCUT2D eigenvalue weighted by molar-refractivity contribution is -0.141. The van der Waals surface area contributed by atoms with E-state index in [-0.39, 0.29) is 11.9 Å². The summed E-state index contributed by atoms with van der Waals surface area (Å²) in [5, 5.41) is 0. The van der Waals surface area contributed by atoms with E-state index in [4.69, 9.17) is 4.74 Å². The average molecular weight is 280 g/mol. The van der Waals surface area contributed by atoms with Gasteiger partial charge in [-0.15, -0.1) is 0 Å². The number of hydrogen-bond acceptors (Lipinski definition) is 2. The van der Waals surface area contributed by atoms with Gasteiger partial charge in [0.15, 0.2) is 0 Å². The number of fused-ring (bicyclic) bond motifs is 1. The molecule has 0 N–H and O–H groups in total.